The van der Waals surface area contributed by atoms with E-state index in [-0.39, 0.29) is 0 Å². The number of hydrogen-bond donors (Lipinski definition) is 0. The van der Waals surface area contributed by atoms with E-state index in [0.29, 0.717) is 0 Å². The van der Waals surface area contributed by atoms with Crippen LogP contribution in [0.1, 0.15) is 19.8 Å². The maximum absolute atomic E-state index is 2.52. The summed E-state index contributed by atoms with van der Waals surface area (Å²) in [4.78, 5) is 0. The monoisotopic (exact) mass is 230 g/mol. The van der Waals surface area contributed by atoms with Crippen molar-refractivity contribution in [2.24, 2.45) is 0 Å². The molecule has 0 fully saturated rings. The van der Waals surface area contributed by atoms with Crippen LogP contribution < -0.4 is 0 Å². The summed E-state index contributed by atoms with van der Waals surface area (Å²) in [6.45, 7) is 7.28. The highest BCUT2D eigenvalue weighted by Crippen LogP contribution is 2.42. The zero-order chi connectivity index (χ0) is 11.6. The van der Waals surface area contributed by atoms with Crippen molar-refractivity contribution in [1.82, 2.24) is 0 Å². The van der Waals surface area contributed by atoms with Gasteiger partial charge in [0, 0.05) is 0 Å². The van der Waals surface area contributed by atoms with Crippen LogP contribution in [0.4, 0.5) is 0 Å². The zero-order valence-corrected chi connectivity index (χ0v) is 11.6. The highest BCUT2D eigenvalue weighted by Gasteiger charge is 2.36. The number of allylic oxidation sites excluding steroid dienone is 8. The molecule has 2 rings (SSSR count). The fraction of sp³-hybridized carbons (Fsp3) is 0.467. The minimum atomic E-state index is -1.24. The molecule has 0 spiro atoms. The predicted molar refractivity (Wildman–Crippen MR) is 75.4 cm³/mol. The Kier molecular flexibility index (Phi) is 3.34. The summed E-state index contributed by atoms with van der Waals surface area (Å²) in [6, 6.07) is 0. The van der Waals surface area contributed by atoms with E-state index < -0.39 is 8.07 Å². The van der Waals surface area contributed by atoms with E-state index in [4.69, 9.17) is 0 Å². The molecule has 16 heavy (non-hydrogen) atoms. The first kappa shape index (κ1) is 11.7. The predicted octanol–water partition coefficient (Wildman–Crippen LogP) is 4.86. The van der Waals surface area contributed by atoms with Gasteiger partial charge in [-0.2, -0.15) is 0 Å². The average Bonchev–Trinajstić information content (AvgIpc) is 2.88. The van der Waals surface area contributed by atoms with Crippen LogP contribution in [0.15, 0.2) is 48.1 Å². The molecular formula is C15H22Si. The maximum Gasteiger partial charge on any atom is 0.0699 e. The summed E-state index contributed by atoms with van der Waals surface area (Å²) < 4.78 is 0. The molecule has 0 N–H and O–H groups in total. The molecule has 0 nitrogen and oxygen atoms in total. The molecule has 1 heteroatoms. The van der Waals surface area contributed by atoms with Crippen LogP contribution in [0.2, 0.25) is 24.2 Å². The highest BCUT2D eigenvalue weighted by molar-refractivity contribution is 6.82. The van der Waals surface area contributed by atoms with Gasteiger partial charge in [0.25, 0.3) is 0 Å². The minimum Gasteiger partial charge on any atom is -0.0803 e. The van der Waals surface area contributed by atoms with Crippen molar-refractivity contribution in [3.8, 4) is 0 Å². The summed E-state index contributed by atoms with van der Waals surface area (Å²) in [7, 11) is -1.24. The van der Waals surface area contributed by atoms with Gasteiger partial charge in [-0.1, -0.05) is 74.5 Å². The zero-order valence-electron chi connectivity index (χ0n) is 10.6. The lowest BCUT2D eigenvalue weighted by atomic mass is 10.2. The van der Waals surface area contributed by atoms with Crippen LogP contribution in [-0.2, 0) is 0 Å². The molecule has 2 aliphatic rings. The van der Waals surface area contributed by atoms with Crippen LogP contribution in [0, 0.1) is 0 Å². The molecule has 0 bridgehead atoms. The fourth-order valence-corrected chi connectivity index (χ4v) is 5.53. The van der Waals surface area contributed by atoms with Crippen LogP contribution >= 0.6 is 0 Å². The molecule has 0 aromatic rings. The number of rotatable bonds is 4. The third-order valence-electron chi connectivity index (χ3n) is 3.92. The Morgan fingerprint density at radius 2 is 1.75 bits per heavy atom. The van der Waals surface area contributed by atoms with E-state index in [9.17, 15) is 0 Å². The number of hydrogen-bond acceptors (Lipinski definition) is 0. The molecule has 2 aliphatic carbocycles. The van der Waals surface area contributed by atoms with Crippen molar-refractivity contribution >= 4 is 8.07 Å². The maximum atomic E-state index is 2.52. The van der Waals surface area contributed by atoms with Crippen molar-refractivity contribution < 1.29 is 0 Å². The Labute approximate surface area is 100 Å². The highest BCUT2D eigenvalue weighted by atomic mass is 28.3. The molecule has 0 saturated heterocycles. The topological polar surface area (TPSA) is 0 Å². The van der Waals surface area contributed by atoms with Crippen molar-refractivity contribution in [2.45, 2.75) is 43.9 Å². The molecular weight excluding hydrogens is 208 g/mol. The molecule has 0 heterocycles. The van der Waals surface area contributed by atoms with Crippen LogP contribution in [0.25, 0.3) is 0 Å². The summed E-state index contributed by atoms with van der Waals surface area (Å²) in [5.74, 6) is 0. The standard InChI is InChI=1S/C15H22Si/c1-4-7-13-10-11-15(12-13)16(2,3)14-8-5-6-9-14/h5-6,8-12,14-15H,4,7H2,1-3H3. The average molecular weight is 230 g/mol. The third-order valence-corrected chi connectivity index (χ3v) is 8.10. The normalized spacial score (nSPS) is 24.4. The Balaban J connectivity index is 2.11. The molecule has 0 radical (unpaired) electrons. The first-order chi connectivity index (χ1) is 7.64. The summed E-state index contributed by atoms with van der Waals surface area (Å²) in [6.07, 6.45) is 19.0. The molecule has 0 aromatic carbocycles. The Morgan fingerprint density at radius 3 is 2.38 bits per heavy atom. The lowest BCUT2D eigenvalue weighted by Gasteiger charge is -2.31. The van der Waals surface area contributed by atoms with Crippen molar-refractivity contribution in [1.29, 1.82) is 0 Å². The van der Waals surface area contributed by atoms with E-state index in [0.717, 1.165) is 11.1 Å². The minimum absolute atomic E-state index is 0.722. The van der Waals surface area contributed by atoms with Gasteiger partial charge in [0.1, 0.15) is 0 Å². The van der Waals surface area contributed by atoms with Gasteiger partial charge in [-0.3, -0.25) is 0 Å². The molecule has 0 amide bonds. The van der Waals surface area contributed by atoms with E-state index in [1.807, 2.05) is 0 Å². The molecule has 86 valence electrons. The van der Waals surface area contributed by atoms with Crippen LogP contribution in [-0.4, -0.2) is 8.07 Å². The fourth-order valence-electron chi connectivity index (χ4n) is 2.64. The molecule has 0 aliphatic heterocycles. The van der Waals surface area contributed by atoms with Crippen molar-refractivity contribution in [3.63, 3.8) is 0 Å². The lowest BCUT2D eigenvalue weighted by Crippen LogP contribution is -2.34. The van der Waals surface area contributed by atoms with E-state index in [1.165, 1.54) is 12.8 Å². The summed E-state index contributed by atoms with van der Waals surface area (Å²) >= 11 is 0. The molecule has 1 atom stereocenters. The van der Waals surface area contributed by atoms with E-state index in [1.54, 1.807) is 5.57 Å². The second kappa shape index (κ2) is 4.58. The van der Waals surface area contributed by atoms with Gasteiger partial charge >= 0.3 is 0 Å². The Bertz CT molecular complexity index is 357. The lowest BCUT2D eigenvalue weighted by molar-refractivity contribution is 0.926. The summed E-state index contributed by atoms with van der Waals surface area (Å²) in [5.41, 5.74) is 3.00. The first-order valence-corrected chi connectivity index (χ1v) is 9.54. The third kappa shape index (κ3) is 2.15. The van der Waals surface area contributed by atoms with E-state index >= 15 is 0 Å². The van der Waals surface area contributed by atoms with Crippen molar-refractivity contribution in [2.75, 3.05) is 0 Å². The molecule has 0 saturated carbocycles. The largest absolute Gasteiger partial charge is 0.0803 e. The smallest absolute Gasteiger partial charge is 0.0699 e. The van der Waals surface area contributed by atoms with Gasteiger partial charge in [0.2, 0.25) is 0 Å². The van der Waals surface area contributed by atoms with Gasteiger partial charge < -0.3 is 0 Å². The van der Waals surface area contributed by atoms with Gasteiger partial charge in [0.15, 0.2) is 0 Å². The summed E-state index contributed by atoms with van der Waals surface area (Å²) in [5, 5.41) is 0. The van der Waals surface area contributed by atoms with Gasteiger partial charge in [-0.05, 0) is 17.5 Å². The quantitative estimate of drug-likeness (QED) is 0.605. The van der Waals surface area contributed by atoms with Gasteiger partial charge in [-0.15, -0.1) is 0 Å². The van der Waals surface area contributed by atoms with Gasteiger partial charge in [-0.25, -0.2) is 0 Å². The van der Waals surface area contributed by atoms with E-state index in [2.05, 4.69) is 62.5 Å². The van der Waals surface area contributed by atoms with Crippen LogP contribution in [0.3, 0.4) is 0 Å². The van der Waals surface area contributed by atoms with Crippen molar-refractivity contribution in [3.05, 3.63) is 48.1 Å². The van der Waals surface area contributed by atoms with Gasteiger partial charge in [0.05, 0.1) is 8.07 Å². The van der Waals surface area contributed by atoms with Crippen LogP contribution in [0.5, 0.6) is 0 Å². The molecule has 0 aromatic heterocycles. The Morgan fingerprint density at radius 1 is 1.06 bits per heavy atom. The first-order valence-electron chi connectivity index (χ1n) is 6.38. The molecule has 1 unspecified atom stereocenters. The SMILES string of the molecule is CCCC1=CC([Si](C)(C)C2C=CC=C2)C=C1. The second-order valence-corrected chi connectivity index (χ2v) is 10.5. The Hall–Kier alpha value is -0.823. The second-order valence-electron chi connectivity index (χ2n) is 5.49.